The quantitative estimate of drug-likeness (QED) is 0.503. The Morgan fingerprint density at radius 2 is 1.79 bits per heavy atom. The monoisotopic (exact) mass is 331 g/mol. The van der Waals surface area contributed by atoms with Crippen LogP contribution in [0.3, 0.4) is 0 Å². The number of hydrogen-bond acceptors (Lipinski definition) is 6. The number of benzene rings is 1. The summed E-state index contributed by atoms with van der Waals surface area (Å²) >= 11 is 0. The summed E-state index contributed by atoms with van der Waals surface area (Å²) < 4.78 is 0. The van der Waals surface area contributed by atoms with E-state index in [1.807, 2.05) is 12.1 Å². The number of Topliss-reactive ketones (excluding diaryl/α,β-unsaturated/α-hetero) is 1. The van der Waals surface area contributed by atoms with Crippen molar-refractivity contribution < 1.29 is 15.0 Å². The van der Waals surface area contributed by atoms with Gasteiger partial charge in [-0.05, 0) is 5.56 Å². The number of rotatable bonds is 6. The van der Waals surface area contributed by atoms with Crippen LogP contribution < -0.4 is 5.32 Å². The van der Waals surface area contributed by atoms with Crippen LogP contribution in [0.15, 0.2) is 36.0 Å². The first-order valence-electron chi connectivity index (χ1n) is 8.51. The number of nitrogens with one attached hydrogen (secondary N) is 1. The van der Waals surface area contributed by atoms with Gasteiger partial charge in [0.2, 0.25) is 0 Å². The zero-order valence-corrected chi connectivity index (χ0v) is 13.8. The lowest BCUT2D eigenvalue weighted by atomic mass is 10.1. The molecule has 1 aliphatic heterocycles. The lowest BCUT2D eigenvalue weighted by Crippen LogP contribution is -2.48. The molecule has 130 valence electrons. The molecule has 1 heterocycles. The minimum Gasteiger partial charge on any atom is -0.395 e. The highest BCUT2D eigenvalue weighted by atomic mass is 16.3. The molecule has 1 aromatic rings. The maximum atomic E-state index is 12.3. The van der Waals surface area contributed by atoms with E-state index >= 15 is 0 Å². The Bertz CT molecular complexity index is 609. The highest BCUT2D eigenvalue weighted by Crippen LogP contribution is 2.34. The second-order valence-corrected chi connectivity index (χ2v) is 6.28. The molecule has 1 aliphatic carbocycles. The van der Waals surface area contributed by atoms with Crippen molar-refractivity contribution in [1.82, 2.24) is 15.1 Å². The topological polar surface area (TPSA) is 76.0 Å². The molecule has 6 heteroatoms. The molecule has 0 spiro atoms. The van der Waals surface area contributed by atoms with Gasteiger partial charge in [-0.25, -0.2) is 0 Å². The van der Waals surface area contributed by atoms with Crippen molar-refractivity contribution in [3.8, 4) is 0 Å². The third kappa shape index (κ3) is 3.67. The lowest BCUT2D eigenvalue weighted by Gasteiger charge is -2.34. The Morgan fingerprint density at radius 3 is 2.46 bits per heavy atom. The Labute approximate surface area is 142 Å². The zero-order chi connectivity index (χ0) is 16.9. The van der Waals surface area contributed by atoms with Crippen LogP contribution in [-0.2, 0) is 0 Å². The number of β-amino-alcohol motifs (C(OH)–C–C–N with tert-alkyl or cyclic N) is 1. The highest BCUT2D eigenvalue weighted by molar-refractivity contribution is 6.13. The predicted molar refractivity (Wildman–Crippen MR) is 91.8 cm³/mol. The summed E-state index contributed by atoms with van der Waals surface area (Å²) in [4.78, 5) is 16.9. The first-order valence-corrected chi connectivity index (χ1v) is 8.51. The molecular weight excluding hydrogens is 306 g/mol. The molecule has 1 unspecified atom stereocenters. The maximum absolute atomic E-state index is 12.3. The largest absolute Gasteiger partial charge is 0.395 e. The molecule has 0 saturated carbocycles. The first-order chi connectivity index (χ1) is 11.7. The molecule has 3 rings (SSSR count). The summed E-state index contributed by atoms with van der Waals surface area (Å²) in [7, 11) is 0. The number of piperazine rings is 1. The van der Waals surface area contributed by atoms with Crippen LogP contribution in [0.5, 0.6) is 0 Å². The fourth-order valence-corrected chi connectivity index (χ4v) is 3.32. The third-order valence-corrected chi connectivity index (χ3v) is 4.77. The minimum absolute atomic E-state index is 0.0942. The van der Waals surface area contributed by atoms with Gasteiger partial charge in [-0.3, -0.25) is 14.6 Å². The summed E-state index contributed by atoms with van der Waals surface area (Å²) in [6, 6.07) is 7.20. The van der Waals surface area contributed by atoms with E-state index in [9.17, 15) is 9.90 Å². The zero-order valence-electron chi connectivity index (χ0n) is 13.8. The van der Waals surface area contributed by atoms with Gasteiger partial charge in [0.15, 0.2) is 5.78 Å². The molecular formula is C18H25N3O3. The number of hydrogen-bond donors (Lipinski definition) is 3. The standard InChI is InChI=1S/C18H25N3O3/c22-12-11-21-9-7-20(8-10-21)6-5-19-13-16-17(23)14-3-1-2-4-15(14)18(16)24/h1-4,13,17,19,22-23H,5-12H2/b16-13+. The van der Waals surface area contributed by atoms with Gasteiger partial charge < -0.3 is 15.5 Å². The molecule has 0 aromatic heterocycles. The molecule has 0 bridgehead atoms. The second kappa shape index (κ2) is 7.90. The predicted octanol–water partition coefficient (Wildman–Crippen LogP) is -0.000300. The number of aliphatic hydroxyl groups is 2. The Kier molecular flexibility index (Phi) is 5.63. The molecule has 3 N–H and O–H groups in total. The number of nitrogens with zero attached hydrogens (tertiary/aromatic N) is 2. The molecule has 1 aromatic carbocycles. The van der Waals surface area contributed by atoms with Crippen molar-refractivity contribution in [2.75, 3.05) is 52.4 Å². The molecule has 1 fully saturated rings. The van der Waals surface area contributed by atoms with E-state index in [0.29, 0.717) is 16.7 Å². The van der Waals surface area contributed by atoms with E-state index in [1.54, 1.807) is 18.3 Å². The summed E-state index contributed by atoms with van der Waals surface area (Å²) in [5, 5.41) is 22.4. The number of carbonyl (C=O) groups excluding carboxylic acids is 1. The van der Waals surface area contributed by atoms with Gasteiger partial charge in [0.25, 0.3) is 0 Å². The van der Waals surface area contributed by atoms with Crippen molar-refractivity contribution in [1.29, 1.82) is 0 Å². The van der Waals surface area contributed by atoms with E-state index in [4.69, 9.17) is 5.11 Å². The number of aliphatic hydroxyl groups excluding tert-OH is 2. The second-order valence-electron chi connectivity index (χ2n) is 6.28. The maximum Gasteiger partial charge on any atom is 0.193 e. The normalized spacial score (nSPS) is 23.7. The van der Waals surface area contributed by atoms with Gasteiger partial charge in [0.05, 0.1) is 6.61 Å². The van der Waals surface area contributed by atoms with Crippen LogP contribution in [0.1, 0.15) is 22.0 Å². The van der Waals surface area contributed by atoms with Gasteiger partial charge in [-0.15, -0.1) is 0 Å². The minimum atomic E-state index is -0.830. The fourth-order valence-electron chi connectivity index (χ4n) is 3.32. The summed E-state index contributed by atoms with van der Waals surface area (Å²) in [5.74, 6) is -0.0942. The Morgan fingerprint density at radius 1 is 1.12 bits per heavy atom. The number of ketones is 1. The fraction of sp³-hybridized carbons (Fsp3) is 0.500. The molecule has 0 radical (unpaired) electrons. The van der Waals surface area contributed by atoms with Gasteiger partial charge in [0, 0.05) is 63.1 Å². The van der Waals surface area contributed by atoms with Gasteiger partial charge in [-0.2, -0.15) is 0 Å². The van der Waals surface area contributed by atoms with Gasteiger partial charge >= 0.3 is 0 Å². The van der Waals surface area contributed by atoms with Gasteiger partial charge in [0.1, 0.15) is 6.10 Å². The first kappa shape index (κ1) is 17.1. The van der Waals surface area contributed by atoms with E-state index in [0.717, 1.165) is 45.8 Å². The van der Waals surface area contributed by atoms with Crippen LogP contribution >= 0.6 is 0 Å². The van der Waals surface area contributed by atoms with Crippen LogP contribution in [0.2, 0.25) is 0 Å². The summed E-state index contributed by atoms with van der Waals surface area (Å²) in [6.07, 6.45) is 0.831. The smallest absolute Gasteiger partial charge is 0.193 e. The summed E-state index contributed by atoms with van der Waals surface area (Å²) in [5.41, 5.74) is 1.71. The van der Waals surface area contributed by atoms with Crippen molar-refractivity contribution in [2.45, 2.75) is 6.10 Å². The molecule has 1 saturated heterocycles. The van der Waals surface area contributed by atoms with Crippen molar-refractivity contribution >= 4 is 5.78 Å². The van der Waals surface area contributed by atoms with Crippen molar-refractivity contribution in [3.05, 3.63) is 47.2 Å². The van der Waals surface area contributed by atoms with Crippen LogP contribution in [0.4, 0.5) is 0 Å². The third-order valence-electron chi connectivity index (χ3n) is 4.77. The van der Waals surface area contributed by atoms with Crippen molar-refractivity contribution in [2.24, 2.45) is 0 Å². The molecule has 2 aliphatic rings. The number of fused-ring (bicyclic) bond motifs is 1. The van der Waals surface area contributed by atoms with E-state index in [2.05, 4.69) is 15.1 Å². The average Bonchev–Trinajstić information content (AvgIpc) is 2.85. The molecule has 24 heavy (non-hydrogen) atoms. The number of carbonyl (C=O) groups is 1. The van der Waals surface area contributed by atoms with Crippen LogP contribution in [-0.4, -0.2) is 78.2 Å². The summed E-state index contributed by atoms with van der Waals surface area (Å²) in [6.45, 7) is 6.54. The van der Waals surface area contributed by atoms with Crippen molar-refractivity contribution in [3.63, 3.8) is 0 Å². The van der Waals surface area contributed by atoms with Crippen LogP contribution in [0, 0.1) is 0 Å². The van der Waals surface area contributed by atoms with Crippen LogP contribution in [0.25, 0.3) is 0 Å². The van der Waals surface area contributed by atoms with E-state index in [-0.39, 0.29) is 12.4 Å². The van der Waals surface area contributed by atoms with E-state index in [1.165, 1.54) is 0 Å². The molecule has 1 atom stereocenters. The molecule has 6 nitrogen and oxygen atoms in total. The lowest BCUT2D eigenvalue weighted by molar-refractivity contribution is 0.101. The Balaban J connectivity index is 1.46. The average molecular weight is 331 g/mol. The highest BCUT2D eigenvalue weighted by Gasteiger charge is 2.32. The van der Waals surface area contributed by atoms with E-state index < -0.39 is 6.10 Å². The molecule has 0 amide bonds. The SMILES string of the molecule is O=C1/C(=C/NCCN2CCN(CCO)CC2)C(O)c2ccccc21. The van der Waals surface area contributed by atoms with Gasteiger partial charge in [-0.1, -0.05) is 24.3 Å². The Hall–Kier alpha value is -1.73.